The molecule has 0 aliphatic carbocycles. The monoisotopic (exact) mass is 575 g/mol. The van der Waals surface area contributed by atoms with Crippen LogP contribution in [-0.2, 0) is 32.8 Å². The minimum Gasteiger partial charge on any atom is -0.691 e. The zero-order chi connectivity index (χ0) is 23.7. The van der Waals surface area contributed by atoms with Crippen molar-refractivity contribution in [2.75, 3.05) is 18.1 Å². The van der Waals surface area contributed by atoms with E-state index < -0.39 is 9.84 Å². The van der Waals surface area contributed by atoms with E-state index in [1.807, 2.05) is 0 Å². The average molecular weight is 576 g/mol. The third kappa shape index (κ3) is 10.5. The summed E-state index contributed by atoms with van der Waals surface area (Å²) in [5.74, 6) is -0.331. The molecule has 17 heteroatoms. The molecule has 0 radical (unpaired) electrons. The van der Waals surface area contributed by atoms with Crippen LogP contribution < -0.4 is 75.4 Å². The van der Waals surface area contributed by atoms with Gasteiger partial charge in [-0.05, 0) is 47.9 Å². The second-order valence-electron chi connectivity index (χ2n) is 6.14. The van der Waals surface area contributed by atoms with Crippen LogP contribution in [0.25, 0.3) is 10.8 Å². The molecule has 0 aliphatic heterocycles. The van der Waals surface area contributed by atoms with E-state index >= 15 is 0 Å². The molecule has 0 bridgehead atoms. The molecule has 184 valence electrons. The molecule has 3 rings (SSSR count). The Balaban J connectivity index is 0.00000408. The summed E-state index contributed by atoms with van der Waals surface area (Å²) >= 11 is 1.00. The van der Waals surface area contributed by atoms with Crippen LogP contribution in [0.5, 0.6) is 0 Å². The van der Waals surface area contributed by atoms with Crippen LogP contribution in [0.15, 0.2) is 74.6 Å². The number of fused-ring (bicyclic) bond motifs is 1. The quantitative estimate of drug-likeness (QED) is 0.0450. The molecule has 0 aromatic heterocycles. The maximum Gasteiger partial charge on any atom is 1.00 e. The summed E-state index contributed by atoms with van der Waals surface area (Å²) in [5.41, 5.74) is 7.29. The Bertz CT molecular complexity index is 1220. The van der Waals surface area contributed by atoms with Gasteiger partial charge in [-0.3, -0.25) is 14.3 Å². The van der Waals surface area contributed by atoms with Crippen LogP contribution in [-0.4, -0.2) is 20.8 Å². The Morgan fingerprint density at radius 1 is 0.917 bits per heavy atom. The molecule has 12 nitrogen and oxygen atoms in total. The normalized spacial score (nSPS) is 11.1. The van der Waals surface area contributed by atoms with Crippen LogP contribution in [0.4, 0.5) is 17.1 Å². The Labute approximate surface area is 260 Å². The van der Waals surface area contributed by atoms with Crippen molar-refractivity contribution in [1.82, 2.24) is 0 Å². The zero-order valence-corrected chi connectivity index (χ0v) is 24.9. The standard InChI is InChI=1S/C18H17N3O9S3.CH4.2Na/c19-17-8-1-12-11-14(31-29-27-22)4-7-16(12)18(17)21-20-13-2-5-15(6-3-13)33(24,25)10-9-26-32-30-28-23;;;/h1-8,11,22-23H,9-10,19H2;1H4;;/q;;2*+1/p-2. The summed E-state index contributed by atoms with van der Waals surface area (Å²) in [7, 11) is -3.62. The first-order valence-corrected chi connectivity index (χ1v) is 12.0. The van der Waals surface area contributed by atoms with Crippen molar-refractivity contribution in [2.24, 2.45) is 10.2 Å². The summed E-state index contributed by atoms with van der Waals surface area (Å²) in [5, 5.41) is 35.9. The summed E-state index contributed by atoms with van der Waals surface area (Å²) in [6.07, 6.45) is 0. The largest absolute Gasteiger partial charge is 1.00 e. The number of hydrogen-bond acceptors (Lipinski definition) is 14. The summed E-state index contributed by atoms with van der Waals surface area (Å²) in [4.78, 5) is 0.702. The van der Waals surface area contributed by atoms with Gasteiger partial charge in [-0.2, -0.15) is 9.45 Å². The number of nitrogens with zero attached hydrogens (tertiary/aromatic N) is 2. The number of anilines is 1. The van der Waals surface area contributed by atoms with Crippen LogP contribution in [0, 0.1) is 0 Å². The average Bonchev–Trinajstić information content (AvgIpc) is 2.82. The molecule has 0 unspecified atom stereocenters. The molecule has 36 heavy (non-hydrogen) atoms. The van der Waals surface area contributed by atoms with E-state index in [0.29, 0.717) is 22.0 Å². The second-order valence-corrected chi connectivity index (χ2v) is 9.54. The number of nitrogen functional groups attached to an aromatic ring is 1. The number of azo groups is 1. The number of rotatable bonds is 12. The predicted octanol–water partition coefficient (Wildman–Crippen LogP) is -2.71. The number of sulfone groups is 1. The molecule has 0 heterocycles. The number of nitrogens with two attached hydrogens (primary N) is 1. The zero-order valence-electron chi connectivity index (χ0n) is 18.5. The van der Waals surface area contributed by atoms with Gasteiger partial charge in [-0.25, -0.2) is 8.42 Å². The van der Waals surface area contributed by atoms with E-state index in [2.05, 4.69) is 29.0 Å². The smallest absolute Gasteiger partial charge is 0.691 e. The number of hydrogen-bond donors (Lipinski definition) is 1. The van der Waals surface area contributed by atoms with Gasteiger partial charge in [0.1, 0.15) is 5.69 Å². The third-order valence-corrected chi connectivity index (χ3v) is 6.79. The van der Waals surface area contributed by atoms with Crippen LogP contribution in [0.3, 0.4) is 0 Å². The van der Waals surface area contributed by atoms with Crippen molar-refractivity contribution >= 4 is 62.0 Å². The van der Waals surface area contributed by atoms with Gasteiger partial charge in [0, 0.05) is 10.3 Å². The van der Waals surface area contributed by atoms with Crippen molar-refractivity contribution in [3.63, 3.8) is 0 Å². The fourth-order valence-electron chi connectivity index (χ4n) is 2.68. The Morgan fingerprint density at radius 3 is 2.28 bits per heavy atom. The Morgan fingerprint density at radius 2 is 1.61 bits per heavy atom. The molecule has 3 aromatic rings. The van der Waals surface area contributed by atoms with Gasteiger partial charge in [0.15, 0.2) is 22.2 Å². The fourth-order valence-corrected chi connectivity index (χ4v) is 4.49. The van der Waals surface area contributed by atoms with E-state index in [9.17, 15) is 18.9 Å². The molecule has 0 saturated heterocycles. The molecule has 0 amide bonds. The van der Waals surface area contributed by atoms with Gasteiger partial charge in [0.25, 0.3) is 0 Å². The molecule has 2 N–H and O–H groups in total. The summed E-state index contributed by atoms with van der Waals surface area (Å²) in [6, 6.07) is 14.4. The molecule has 0 atom stereocenters. The van der Waals surface area contributed by atoms with Crippen LogP contribution in [0.1, 0.15) is 7.43 Å². The Kier molecular flexibility index (Phi) is 17.9. The van der Waals surface area contributed by atoms with Crippen LogP contribution >= 0.6 is 24.4 Å². The van der Waals surface area contributed by atoms with Gasteiger partial charge in [0.05, 0.1) is 40.7 Å². The topological polar surface area (TPSA) is 177 Å². The first kappa shape index (κ1) is 35.7. The van der Waals surface area contributed by atoms with Crippen molar-refractivity contribution in [2.45, 2.75) is 17.2 Å². The van der Waals surface area contributed by atoms with E-state index in [4.69, 9.17) is 9.92 Å². The molecular weight excluding hydrogens is 556 g/mol. The minimum atomic E-state index is -3.62. The van der Waals surface area contributed by atoms with Crippen molar-refractivity contribution in [3.05, 3.63) is 54.6 Å². The van der Waals surface area contributed by atoms with Crippen molar-refractivity contribution in [1.29, 1.82) is 0 Å². The molecule has 0 fully saturated rings. The van der Waals surface area contributed by atoms with Crippen LogP contribution in [0.2, 0.25) is 0 Å². The maximum absolute atomic E-state index is 12.3. The molecular formula is C19H19N3Na2O9S3. The van der Waals surface area contributed by atoms with Gasteiger partial charge in [-0.15, -0.1) is 9.45 Å². The SMILES string of the molecule is C.Nc1ccc2cc(SOO[O-])ccc2c1N=Nc1ccc(S(=O)(=O)CCOSOO[O-])cc1.[Na+].[Na+]. The van der Waals surface area contributed by atoms with Gasteiger partial charge < -0.3 is 16.2 Å². The predicted molar refractivity (Wildman–Crippen MR) is 122 cm³/mol. The summed E-state index contributed by atoms with van der Waals surface area (Å²) in [6.45, 7) is -0.214. The van der Waals surface area contributed by atoms with Gasteiger partial charge in [0.2, 0.25) is 0 Å². The third-order valence-electron chi connectivity index (χ3n) is 4.15. The van der Waals surface area contributed by atoms with E-state index in [1.165, 1.54) is 24.3 Å². The minimum absolute atomic E-state index is 0. The molecule has 0 saturated carbocycles. The maximum atomic E-state index is 12.3. The fraction of sp³-hybridized carbons (Fsp3) is 0.158. The first-order valence-electron chi connectivity index (χ1n) is 8.89. The number of benzene rings is 3. The first-order chi connectivity index (χ1) is 15.9. The molecule has 0 spiro atoms. The van der Waals surface area contributed by atoms with E-state index in [0.717, 1.165) is 22.8 Å². The van der Waals surface area contributed by atoms with Gasteiger partial charge in [-0.1, -0.05) is 19.6 Å². The molecule has 0 aliphatic rings. The van der Waals surface area contributed by atoms with Crippen molar-refractivity contribution < 1.29 is 101 Å². The van der Waals surface area contributed by atoms with E-state index in [1.54, 1.807) is 30.3 Å². The second kappa shape index (κ2) is 18.1. The van der Waals surface area contributed by atoms with Gasteiger partial charge >= 0.3 is 59.1 Å². The Hall–Kier alpha value is -0.310. The van der Waals surface area contributed by atoms with E-state index in [-0.39, 0.29) is 96.1 Å². The molecule has 3 aromatic carbocycles. The summed E-state index contributed by atoms with van der Waals surface area (Å²) < 4.78 is 37.6. The van der Waals surface area contributed by atoms with Crippen molar-refractivity contribution in [3.8, 4) is 0 Å².